The fourth-order valence-electron chi connectivity index (χ4n) is 1.87. The summed E-state index contributed by atoms with van der Waals surface area (Å²) in [5, 5.41) is 15.9. The van der Waals surface area contributed by atoms with Gasteiger partial charge in [0.15, 0.2) is 0 Å². The molecule has 2 rings (SSSR count). The summed E-state index contributed by atoms with van der Waals surface area (Å²) in [6.45, 7) is 4.20. The number of hydrogen-bond acceptors (Lipinski definition) is 4. The van der Waals surface area contributed by atoms with Gasteiger partial charge in [-0.05, 0) is 43.0 Å². The number of aliphatic hydroxyl groups excluding tert-OH is 1. The van der Waals surface area contributed by atoms with E-state index < -0.39 is 0 Å². The molecule has 1 amide bonds. The molecule has 0 saturated carbocycles. The summed E-state index contributed by atoms with van der Waals surface area (Å²) in [7, 11) is 0. The number of ether oxygens (including phenoxy) is 1. The van der Waals surface area contributed by atoms with Crippen molar-refractivity contribution >= 4 is 22.9 Å². The number of hydrogen-bond donors (Lipinski definition) is 2. The maximum atomic E-state index is 12.1. The largest absolute Gasteiger partial charge is 0.494 e. The summed E-state index contributed by atoms with van der Waals surface area (Å²) < 4.78 is 5.41. The van der Waals surface area contributed by atoms with Crippen molar-refractivity contribution in [3.05, 3.63) is 45.6 Å². The van der Waals surface area contributed by atoms with Crippen molar-refractivity contribution in [2.45, 2.75) is 20.5 Å². The molecule has 2 aromatic rings. The smallest absolute Gasteiger partial charge is 0.256 e. The van der Waals surface area contributed by atoms with Gasteiger partial charge >= 0.3 is 0 Å². The van der Waals surface area contributed by atoms with Gasteiger partial charge in [-0.3, -0.25) is 4.79 Å². The molecule has 2 N–H and O–H groups in total. The van der Waals surface area contributed by atoms with Gasteiger partial charge in [-0.1, -0.05) is 0 Å². The maximum Gasteiger partial charge on any atom is 0.256 e. The molecule has 0 aliphatic carbocycles. The Kier molecular flexibility index (Phi) is 4.76. The first-order valence-electron chi connectivity index (χ1n) is 6.36. The van der Waals surface area contributed by atoms with E-state index >= 15 is 0 Å². The summed E-state index contributed by atoms with van der Waals surface area (Å²) >= 11 is 1.50. The third kappa shape index (κ3) is 3.18. The van der Waals surface area contributed by atoms with E-state index in [9.17, 15) is 9.90 Å². The van der Waals surface area contributed by atoms with Crippen molar-refractivity contribution < 1.29 is 14.6 Å². The Bertz CT molecular complexity index is 607. The van der Waals surface area contributed by atoms with E-state index in [1.54, 1.807) is 18.2 Å². The van der Waals surface area contributed by atoms with Crippen molar-refractivity contribution in [1.82, 2.24) is 0 Å². The topological polar surface area (TPSA) is 58.6 Å². The highest BCUT2D eigenvalue weighted by Gasteiger charge is 2.11. The molecular formula is C15H17NO3S. The Morgan fingerprint density at radius 3 is 2.80 bits per heavy atom. The molecular weight excluding hydrogens is 274 g/mol. The summed E-state index contributed by atoms with van der Waals surface area (Å²) in [5.41, 5.74) is 2.94. The Hall–Kier alpha value is -1.85. The van der Waals surface area contributed by atoms with Crippen LogP contribution >= 0.6 is 11.3 Å². The molecule has 0 aliphatic rings. The van der Waals surface area contributed by atoms with Crippen LogP contribution in [0.25, 0.3) is 0 Å². The number of aryl methyl sites for hydroxylation is 1. The molecule has 0 aliphatic heterocycles. The predicted molar refractivity (Wildman–Crippen MR) is 80.5 cm³/mol. The van der Waals surface area contributed by atoms with Crippen molar-refractivity contribution in [1.29, 1.82) is 0 Å². The average molecular weight is 291 g/mol. The fourth-order valence-corrected chi connectivity index (χ4v) is 2.70. The van der Waals surface area contributed by atoms with Gasteiger partial charge in [-0.2, -0.15) is 11.3 Å². The van der Waals surface area contributed by atoms with Gasteiger partial charge in [0.05, 0.1) is 18.8 Å². The Labute approximate surface area is 122 Å². The van der Waals surface area contributed by atoms with E-state index in [1.807, 2.05) is 24.6 Å². The second kappa shape index (κ2) is 6.54. The van der Waals surface area contributed by atoms with Crippen molar-refractivity contribution in [3.8, 4) is 5.75 Å². The molecule has 0 atom stereocenters. The average Bonchev–Trinajstić information content (AvgIpc) is 2.87. The molecule has 0 saturated heterocycles. The van der Waals surface area contributed by atoms with Gasteiger partial charge in [0.25, 0.3) is 5.91 Å². The summed E-state index contributed by atoms with van der Waals surface area (Å²) in [5.74, 6) is 0.497. The first-order valence-corrected chi connectivity index (χ1v) is 7.30. The van der Waals surface area contributed by atoms with E-state index in [0.717, 1.165) is 5.56 Å². The van der Waals surface area contributed by atoms with Crippen LogP contribution in [0.15, 0.2) is 29.0 Å². The highest BCUT2D eigenvalue weighted by molar-refractivity contribution is 7.08. The Morgan fingerprint density at radius 2 is 2.20 bits per heavy atom. The van der Waals surface area contributed by atoms with Crippen LogP contribution in [-0.4, -0.2) is 17.6 Å². The van der Waals surface area contributed by atoms with Crippen molar-refractivity contribution in [3.63, 3.8) is 0 Å². The molecule has 0 spiro atoms. The standard InChI is InChI=1S/C15H17NO3S/c1-3-19-14-5-4-12(6-11(14)7-17)16-15(18)13-9-20-8-10(13)2/h4-6,8-9,17H,3,7H2,1-2H3,(H,16,18). The molecule has 106 valence electrons. The van der Waals surface area contributed by atoms with Crippen LogP contribution in [0.1, 0.15) is 28.4 Å². The van der Waals surface area contributed by atoms with Crippen LogP contribution in [0.4, 0.5) is 5.69 Å². The van der Waals surface area contributed by atoms with Crippen LogP contribution in [0.5, 0.6) is 5.75 Å². The predicted octanol–water partition coefficient (Wildman–Crippen LogP) is 3.20. The molecule has 0 radical (unpaired) electrons. The van der Waals surface area contributed by atoms with Crippen LogP contribution in [-0.2, 0) is 6.61 Å². The lowest BCUT2D eigenvalue weighted by molar-refractivity contribution is 0.102. The summed E-state index contributed by atoms with van der Waals surface area (Å²) in [4.78, 5) is 12.1. The molecule has 1 aromatic carbocycles. The molecule has 4 nitrogen and oxygen atoms in total. The van der Waals surface area contributed by atoms with E-state index in [0.29, 0.717) is 29.2 Å². The summed E-state index contributed by atoms with van der Waals surface area (Å²) in [6, 6.07) is 5.25. The number of carbonyl (C=O) groups excluding carboxylic acids is 1. The maximum absolute atomic E-state index is 12.1. The second-order valence-corrected chi connectivity index (χ2v) is 5.08. The number of aliphatic hydroxyl groups is 1. The second-order valence-electron chi connectivity index (χ2n) is 4.34. The molecule has 20 heavy (non-hydrogen) atoms. The zero-order chi connectivity index (χ0) is 14.5. The number of benzene rings is 1. The number of carbonyl (C=O) groups is 1. The Morgan fingerprint density at radius 1 is 1.40 bits per heavy atom. The van der Waals surface area contributed by atoms with Crippen molar-refractivity contribution in [2.75, 3.05) is 11.9 Å². The molecule has 1 heterocycles. The van der Waals surface area contributed by atoms with Crippen LogP contribution < -0.4 is 10.1 Å². The van der Waals surface area contributed by atoms with Gasteiger partial charge < -0.3 is 15.2 Å². The zero-order valence-electron chi connectivity index (χ0n) is 11.5. The number of rotatable bonds is 5. The summed E-state index contributed by atoms with van der Waals surface area (Å²) in [6.07, 6.45) is 0. The first kappa shape index (κ1) is 14.6. The SMILES string of the molecule is CCOc1ccc(NC(=O)c2cscc2C)cc1CO. The number of nitrogens with one attached hydrogen (secondary N) is 1. The van der Waals surface area contributed by atoms with Crippen molar-refractivity contribution in [2.24, 2.45) is 0 Å². The minimum atomic E-state index is -0.142. The normalized spacial score (nSPS) is 10.3. The molecule has 5 heteroatoms. The number of amides is 1. The molecule has 1 aromatic heterocycles. The minimum absolute atomic E-state index is 0.128. The van der Waals surface area contributed by atoms with Crippen LogP contribution in [0.2, 0.25) is 0 Å². The van der Waals surface area contributed by atoms with Gasteiger partial charge in [0, 0.05) is 16.6 Å². The lowest BCUT2D eigenvalue weighted by Gasteiger charge is -2.11. The molecule has 0 bridgehead atoms. The monoisotopic (exact) mass is 291 g/mol. The van der Waals surface area contributed by atoms with Crippen LogP contribution in [0, 0.1) is 6.92 Å². The minimum Gasteiger partial charge on any atom is -0.494 e. The highest BCUT2D eigenvalue weighted by atomic mass is 32.1. The van der Waals surface area contributed by atoms with Gasteiger partial charge in [-0.15, -0.1) is 0 Å². The third-order valence-electron chi connectivity index (χ3n) is 2.89. The highest BCUT2D eigenvalue weighted by Crippen LogP contribution is 2.24. The van der Waals surface area contributed by atoms with E-state index in [4.69, 9.17) is 4.74 Å². The van der Waals surface area contributed by atoms with E-state index in [2.05, 4.69) is 5.32 Å². The van der Waals surface area contributed by atoms with Gasteiger partial charge in [-0.25, -0.2) is 0 Å². The Balaban J connectivity index is 2.18. The number of anilines is 1. The van der Waals surface area contributed by atoms with E-state index in [1.165, 1.54) is 11.3 Å². The quantitative estimate of drug-likeness (QED) is 0.889. The van der Waals surface area contributed by atoms with Gasteiger partial charge in [0.2, 0.25) is 0 Å². The first-order chi connectivity index (χ1) is 9.65. The lowest BCUT2D eigenvalue weighted by atomic mass is 10.1. The molecule has 0 unspecified atom stereocenters. The van der Waals surface area contributed by atoms with Crippen LogP contribution in [0.3, 0.4) is 0 Å². The zero-order valence-corrected chi connectivity index (χ0v) is 12.3. The van der Waals surface area contributed by atoms with E-state index in [-0.39, 0.29) is 12.5 Å². The molecule has 0 fully saturated rings. The third-order valence-corrected chi connectivity index (χ3v) is 3.75. The van der Waals surface area contributed by atoms with Gasteiger partial charge in [0.1, 0.15) is 5.75 Å². The lowest BCUT2D eigenvalue weighted by Crippen LogP contribution is -2.12. The fraction of sp³-hybridized carbons (Fsp3) is 0.267. The number of thiophene rings is 1.